The van der Waals surface area contributed by atoms with E-state index in [9.17, 15) is 4.79 Å². The molecule has 1 aliphatic heterocycles. The molecule has 2 aromatic carbocycles. The normalized spacial score (nSPS) is 12.3. The molecule has 2 heterocycles. The molecule has 0 unspecified atom stereocenters. The number of nitrogens with one attached hydrogen (secondary N) is 1. The van der Waals surface area contributed by atoms with Crippen LogP contribution in [0.1, 0.15) is 6.42 Å². The zero-order valence-corrected chi connectivity index (χ0v) is 13.5. The molecule has 122 valence electrons. The fourth-order valence-corrected chi connectivity index (χ4v) is 3.22. The third-order valence-corrected chi connectivity index (χ3v) is 4.40. The molecule has 7 heteroatoms. The summed E-state index contributed by atoms with van der Waals surface area (Å²) in [5.41, 5.74) is 0.778. The van der Waals surface area contributed by atoms with E-state index >= 15 is 0 Å². The Labute approximate surface area is 142 Å². The Bertz CT molecular complexity index is 838. The fraction of sp³-hybridized carbons (Fsp3) is 0.176. The van der Waals surface area contributed by atoms with E-state index < -0.39 is 0 Å². The zero-order valence-electron chi connectivity index (χ0n) is 12.7. The van der Waals surface area contributed by atoms with Gasteiger partial charge < -0.3 is 19.5 Å². The Morgan fingerprint density at radius 3 is 2.83 bits per heavy atom. The highest BCUT2D eigenvalue weighted by Gasteiger charge is 2.17. The van der Waals surface area contributed by atoms with Gasteiger partial charge in [-0.25, -0.2) is 4.98 Å². The topological polar surface area (TPSA) is 69.7 Å². The molecule has 1 N–H and O–H groups in total. The van der Waals surface area contributed by atoms with E-state index in [4.69, 9.17) is 14.2 Å². The number of thiazole rings is 1. The van der Waals surface area contributed by atoms with E-state index in [0.29, 0.717) is 23.2 Å². The van der Waals surface area contributed by atoms with Crippen molar-refractivity contribution < 1.29 is 19.0 Å². The first-order chi connectivity index (χ1) is 11.8. The summed E-state index contributed by atoms with van der Waals surface area (Å²) >= 11 is 1.40. The molecule has 0 saturated heterocycles. The summed E-state index contributed by atoms with van der Waals surface area (Å²) in [6.45, 7) is 0.550. The molecule has 3 aromatic rings. The molecule has 1 aromatic heterocycles. The van der Waals surface area contributed by atoms with E-state index in [2.05, 4.69) is 10.3 Å². The van der Waals surface area contributed by atoms with Crippen molar-refractivity contribution in [1.29, 1.82) is 0 Å². The smallest absolute Gasteiger partial charge is 0.231 e. The first-order valence-corrected chi connectivity index (χ1v) is 8.27. The van der Waals surface area contributed by atoms with Gasteiger partial charge in [-0.15, -0.1) is 0 Å². The molecule has 0 bridgehead atoms. The molecule has 1 amide bonds. The maximum atomic E-state index is 12.0. The van der Waals surface area contributed by atoms with Crippen molar-refractivity contribution in [3.05, 3.63) is 42.5 Å². The van der Waals surface area contributed by atoms with Gasteiger partial charge in [0.25, 0.3) is 0 Å². The summed E-state index contributed by atoms with van der Waals surface area (Å²) in [7, 11) is 0. The lowest BCUT2D eigenvalue weighted by molar-refractivity contribution is -0.116. The first kappa shape index (κ1) is 14.8. The van der Waals surface area contributed by atoms with Crippen molar-refractivity contribution in [1.82, 2.24) is 4.98 Å². The number of hydrogen-bond acceptors (Lipinski definition) is 6. The summed E-state index contributed by atoms with van der Waals surface area (Å²) < 4.78 is 17.1. The molecule has 4 rings (SSSR count). The highest BCUT2D eigenvalue weighted by atomic mass is 32.1. The Hall–Kier alpha value is -2.80. The van der Waals surface area contributed by atoms with Crippen molar-refractivity contribution in [2.75, 3.05) is 18.7 Å². The van der Waals surface area contributed by atoms with Crippen LogP contribution in [0, 0.1) is 0 Å². The SMILES string of the molecule is O=C(CCOc1ccccc1)Nc1nc2cc3c(cc2s1)OCO3. The highest BCUT2D eigenvalue weighted by Crippen LogP contribution is 2.38. The third-order valence-electron chi connectivity index (χ3n) is 3.47. The third kappa shape index (κ3) is 3.11. The van der Waals surface area contributed by atoms with Crippen molar-refractivity contribution in [3.63, 3.8) is 0 Å². The minimum atomic E-state index is -0.134. The van der Waals surface area contributed by atoms with Crippen LogP contribution < -0.4 is 19.5 Å². The van der Waals surface area contributed by atoms with E-state index in [-0.39, 0.29) is 19.1 Å². The lowest BCUT2D eigenvalue weighted by Crippen LogP contribution is -2.14. The van der Waals surface area contributed by atoms with Crippen molar-refractivity contribution in [2.24, 2.45) is 0 Å². The summed E-state index contributed by atoms with van der Waals surface area (Å²) in [6, 6.07) is 13.1. The lowest BCUT2D eigenvalue weighted by Gasteiger charge is -2.05. The van der Waals surface area contributed by atoms with Crippen molar-refractivity contribution >= 4 is 32.6 Å². The van der Waals surface area contributed by atoms with Crippen LogP contribution in [0.25, 0.3) is 10.2 Å². The molecule has 24 heavy (non-hydrogen) atoms. The second kappa shape index (κ2) is 6.37. The van der Waals surface area contributed by atoms with E-state index in [0.717, 1.165) is 16.0 Å². The Balaban J connectivity index is 1.36. The molecular weight excluding hydrogens is 328 g/mol. The van der Waals surface area contributed by atoms with Crippen LogP contribution in [0.3, 0.4) is 0 Å². The molecular formula is C17H14N2O4S. The van der Waals surface area contributed by atoms with Gasteiger partial charge in [-0.3, -0.25) is 4.79 Å². The largest absolute Gasteiger partial charge is 0.493 e. The zero-order chi connectivity index (χ0) is 16.4. The lowest BCUT2D eigenvalue weighted by atomic mass is 10.3. The molecule has 6 nitrogen and oxygen atoms in total. The van der Waals surface area contributed by atoms with Crippen LogP contribution in [-0.4, -0.2) is 24.3 Å². The summed E-state index contributed by atoms with van der Waals surface area (Å²) in [5, 5.41) is 3.35. The predicted molar refractivity (Wildman–Crippen MR) is 90.9 cm³/mol. The van der Waals surface area contributed by atoms with Gasteiger partial charge in [0.05, 0.1) is 23.2 Å². The maximum absolute atomic E-state index is 12.0. The monoisotopic (exact) mass is 342 g/mol. The number of anilines is 1. The summed E-state index contributed by atoms with van der Waals surface area (Å²) in [6.07, 6.45) is 0.257. The van der Waals surface area contributed by atoms with Crippen LogP contribution >= 0.6 is 11.3 Å². The molecule has 0 saturated carbocycles. The quantitative estimate of drug-likeness (QED) is 0.769. The van der Waals surface area contributed by atoms with Crippen LogP contribution in [0.2, 0.25) is 0 Å². The van der Waals surface area contributed by atoms with Crippen molar-refractivity contribution in [2.45, 2.75) is 6.42 Å². The number of amides is 1. The van der Waals surface area contributed by atoms with E-state index in [1.54, 1.807) is 0 Å². The van der Waals surface area contributed by atoms with Gasteiger partial charge >= 0.3 is 0 Å². The number of benzene rings is 2. The van der Waals surface area contributed by atoms with Gasteiger partial charge in [-0.05, 0) is 12.1 Å². The summed E-state index contributed by atoms with van der Waals surface area (Å²) in [4.78, 5) is 16.4. The standard InChI is InChI=1S/C17H14N2O4S/c20-16(6-7-21-11-4-2-1-3-5-11)19-17-18-12-8-13-14(23-10-22-13)9-15(12)24-17/h1-5,8-9H,6-7,10H2,(H,18,19,20). The number of hydrogen-bond donors (Lipinski definition) is 1. The number of carbonyl (C=O) groups excluding carboxylic acids is 1. The van der Waals surface area contributed by atoms with Gasteiger partial charge in [0.15, 0.2) is 16.6 Å². The summed E-state index contributed by atoms with van der Waals surface area (Å²) in [5.74, 6) is 2.01. The van der Waals surface area contributed by atoms with Crippen LogP contribution in [0.5, 0.6) is 17.2 Å². The van der Waals surface area contributed by atoms with Gasteiger partial charge in [0, 0.05) is 12.1 Å². The maximum Gasteiger partial charge on any atom is 0.231 e. The number of nitrogens with zero attached hydrogens (tertiary/aromatic N) is 1. The van der Waals surface area contributed by atoms with Crippen LogP contribution in [-0.2, 0) is 4.79 Å². The molecule has 0 atom stereocenters. The van der Waals surface area contributed by atoms with E-state index in [1.165, 1.54) is 11.3 Å². The fourth-order valence-electron chi connectivity index (χ4n) is 2.33. The number of ether oxygens (including phenoxy) is 3. The number of rotatable bonds is 5. The average Bonchev–Trinajstić information content (AvgIpc) is 3.18. The molecule has 0 spiro atoms. The van der Waals surface area contributed by atoms with Crippen LogP contribution in [0.4, 0.5) is 5.13 Å². The van der Waals surface area contributed by atoms with Gasteiger partial charge in [0.1, 0.15) is 5.75 Å². The van der Waals surface area contributed by atoms with E-state index in [1.807, 2.05) is 42.5 Å². The Morgan fingerprint density at radius 1 is 1.21 bits per heavy atom. The number of fused-ring (bicyclic) bond motifs is 2. The molecule has 0 aliphatic carbocycles. The molecule has 0 fully saturated rings. The van der Waals surface area contributed by atoms with Gasteiger partial charge in [-0.1, -0.05) is 29.5 Å². The predicted octanol–water partition coefficient (Wildman–Crippen LogP) is 3.43. The molecule has 1 aliphatic rings. The Kier molecular flexibility index (Phi) is 3.92. The van der Waals surface area contributed by atoms with Crippen molar-refractivity contribution in [3.8, 4) is 17.2 Å². The minimum Gasteiger partial charge on any atom is -0.493 e. The average molecular weight is 342 g/mol. The Morgan fingerprint density at radius 2 is 2.00 bits per heavy atom. The first-order valence-electron chi connectivity index (χ1n) is 7.46. The second-order valence-electron chi connectivity index (χ2n) is 5.15. The van der Waals surface area contributed by atoms with Gasteiger partial charge in [0.2, 0.25) is 12.7 Å². The van der Waals surface area contributed by atoms with Crippen LogP contribution in [0.15, 0.2) is 42.5 Å². The highest BCUT2D eigenvalue weighted by molar-refractivity contribution is 7.22. The minimum absolute atomic E-state index is 0.134. The number of aromatic nitrogens is 1. The second-order valence-corrected chi connectivity index (χ2v) is 6.18. The molecule has 0 radical (unpaired) electrons. The number of carbonyl (C=O) groups is 1. The number of para-hydroxylation sites is 1. The van der Waals surface area contributed by atoms with Gasteiger partial charge in [-0.2, -0.15) is 0 Å².